The van der Waals surface area contributed by atoms with Crippen LogP contribution in [-0.2, 0) is 0 Å². The van der Waals surface area contributed by atoms with Gasteiger partial charge in [-0.3, -0.25) is 0 Å². The van der Waals surface area contributed by atoms with E-state index in [9.17, 15) is 0 Å². The Kier molecular flexibility index (Phi) is 3.82. The highest BCUT2D eigenvalue weighted by Gasteiger charge is 2.26. The molecule has 8 aromatic rings. The molecule has 0 N–H and O–H groups in total. The molecule has 38 heavy (non-hydrogen) atoms. The number of fused-ring (bicyclic) bond motifs is 10. The highest BCUT2D eigenvalue weighted by molar-refractivity contribution is 6.22. The molecule has 2 heteroatoms. The highest BCUT2D eigenvalue weighted by atomic mass is 16.5. The predicted octanol–water partition coefficient (Wildman–Crippen LogP) is 10.5. The standard InChI is InChI=1S/C36H20O2/c1-3-11-27-23(8-1)24-9-2-4-12-28(24)36-35(27)29-14-7-13-26-22(17-19-33(38-36)34(26)29)21-16-18-32-30(20-21)25-10-5-6-15-31(25)37-32/h1-20H. The predicted molar refractivity (Wildman–Crippen MR) is 157 cm³/mol. The number of furan rings is 1. The summed E-state index contributed by atoms with van der Waals surface area (Å²) in [5, 5.41) is 9.46. The van der Waals surface area contributed by atoms with E-state index >= 15 is 0 Å². The van der Waals surface area contributed by atoms with Gasteiger partial charge in [-0.1, -0.05) is 97.1 Å². The third kappa shape index (κ3) is 2.56. The Balaban J connectivity index is 1.36. The zero-order valence-electron chi connectivity index (χ0n) is 20.4. The van der Waals surface area contributed by atoms with Crippen molar-refractivity contribution in [1.29, 1.82) is 0 Å². The van der Waals surface area contributed by atoms with Crippen LogP contribution >= 0.6 is 0 Å². The van der Waals surface area contributed by atoms with Crippen LogP contribution in [0.15, 0.2) is 126 Å². The Morgan fingerprint density at radius 1 is 0.421 bits per heavy atom. The third-order valence-electron chi connectivity index (χ3n) is 8.06. The van der Waals surface area contributed by atoms with Gasteiger partial charge in [0.1, 0.15) is 22.7 Å². The van der Waals surface area contributed by atoms with Gasteiger partial charge in [-0.15, -0.1) is 0 Å². The van der Waals surface area contributed by atoms with Gasteiger partial charge in [0.25, 0.3) is 0 Å². The molecule has 1 aliphatic rings. The molecule has 0 bridgehead atoms. The van der Waals surface area contributed by atoms with Gasteiger partial charge < -0.3 is 9.15 Å². The lowest BCUT2D eigenvalue weighted by atomic mass is 9.86. The van der Waals surface area contributed by atoms with Crippen LogP contribution in [0.25, 0.3) is 76.5 Å². The SMILES string of the molecule is c1ccc2c(c1)oc1ccc(-c3ccc4c5c(cccc35)-c3c(c5ccccc5c5ccccc35)O4)cc12. The second-order valence-electron chi connectivity index (χ2n) is 10.0. The first kappa shape index (κ1) is 20.0. The van der Waals surface area contributed by atoms with Crippen LogP contribution in [0.1, 0.15) is 0 Å². The highest BCUT2D eigenvalue weighted by Crippen LogP contribution is 2.54. The van der Waals surface area contributed by atoms with Gasteiger partial charge in [-0.05, 0) is 62.5 Å². The fourth-order valence-corrected chi connectivity index (χ4v) is 6.41. The van der Waals surface area contributed by atoms with Gasteiger partial charge >= 0.3 is 0 Å². The summed E-state index contributed by atoms with van der Waals surface area (Å²) in [7, 11) is 0. The average Bonchev–Trinajstić information content (AvgIpc) is 3.35. The Morgan fingerprint density at radius 3 is 1.97 bits per heavy atom. The number of benzene rings is 7. The summed E-state index contributed by atoms with van der Waals surface area (Å²) < 4.78 is 12.9. The molecule has 0 radical (unpaired) electrons. The van der Waals surface area contributed by atoms with E-state index in [1.165, 1.54) is 43.8 Å². The molecule has 1 aromatic heterocycles. The van der Waals surface area contributed by atoms with Crippen LogP contribution in [0.3, 0.4) is 0 Å². The summed E-state index contributed by atoms with van der Waals surface area (Å²) in [5.41, 5.74) is 6.58. The van der Waals surface area contributed by atoms with Gasteiger partial charge in [-0.2, -0.15) is 0 Å². The normalized spacial score (nSPS) is 12.4. The molecule has 2 nitrogen and oxygen atoms in total. The minimum absolute atomic E-state index is 0.905. The molecule has 0 atom stereocenters. The van der Waals surface area contributed by atoms with Crippen molar-refractivity contribution in [2.24, 2.45) is 0 Å². The largest absolute Gasteiger partial charge is 0.456 e. The Bertz CT molecular complexity index is 2270. The lowest BCUT2D eigenvalue weighted by Gasteiger charge is -2.25. The Hall–Kier alpha value is -5.08. The molecule has 2 heterocycles. The second-order valence-corrected chi connectivity index (χ2v) is 10.0. The second kappa shape index (κ2) is 7.24. The topological polar surface area (TPSA) is 22.4 Å². The number of ether oxygens (including phenoxy) is 1. The van der Waals surface area contributed by atoms with Crippen molar-refractivity contribution < 1.29 is 9.15 Å². The van der Waals surface area contributed by atoms with E-state index < -0.39 is 0 Å². The number of para-hydroxylation sites is 1. The van der Waals surface area contributed by atoms with E-state index in [4.69, 9.17) is 9.15 Å². The third-order valence-corrected chi connectivity index (χ3v) is 8.06. The van der Waals surface area contributed by atoms with Crippen LogP contribution in [0.4, 0.5) is 0 Å². The summed E-state index contributed by atoms with van der Waals surface area (Å²) in [6.45, 7) is 0. The van der Waals surface area contributed by atoms with E-state index in [0.29, 0.717) is 0 Å². The maximum atomic E-state index is 6.76. The summed E-state index contributed by atoms with van der Waals surface area (Å²) in [5.74, 6) is 1.85. The number of hydrogen-bond acceptors (Lipinski definition) is 2. The lowest BCUT2D eigenvalue weighted by molar-refractivity contribution is 0.493. The average molecular weight is 485 g/mol. The van der Waals surface area contributed by atoms with Crippen LogP contribution in [0.5, 0.6) is 11.5 Å². The van der Waals surface area contributed by atoms with Crippen LogP contribution in [0.2, 0.25) is 0 Å². The fourth-order valence-electron chi connectivity index (χ4n) is 6.41. The number of hydrogen-bond donors (Lipinski definition) is 0. The minimum atomic E-state index is 0.905. The number of rotatable bonds is 1. The van der Waals surface area contributed by atoms with Crippen molar-refractivity contribution in [2.75, 3.05) is 0 Å². The van der Waals surface area contributed by atoms with E-state index in [2.05, 4.69) is 109 Å². The van der Waals surface area contributed by atoms with Crippen LogP contribution < -0.4 is 4.74 Å². The maximum absolute atomic E-state index is 6.76. The molecule has 0 unspecified atom stereocenters. The zero-order valence-corrected chi connectivity index (χ0v) is 20.4. The van der Waals surface area contributed by atoms with Crippen molar-refractivity contribution in [2.45, 2.75) is 0 Å². The first-order chi connectivity index (χ1) is 18.8. The Labute approximate surface area is 218 Å². The molecule has 0 spiro atoms. The minimum Gasteiger partial charge on any atom is -0.456 e. The summed E-state index contributed by atoms with van der Waals surface area (Å²) in [4.78, 5) is 0. The summed E-state index contributed by atoms with van der Waals surface area (Å²) in [6, 6.07) is 42.9. The molecule has 0 amide bonds. The molecule has 7 aromatic carbocycles. The first-order valence-corrected chi connectivity index (χ1v) is 12.9. The zero-order chi connectivity index (χ0) is 24.8. The molecule has 0 saturated heterocycles. The summed E-state index contributed by atoms with van der Waals surface area (Å²) in [6.07, 6.45) is 0. The summed E-state index contributed by atoms with van der Waals surface area (Å²) >= 11 is 0. The van der Waals surface area contributed by atoms with Crippen LogP contribution in [-0.4, -0.2) is 0 Å². The van der Waals surface area contributed by atoms with Crippen LogP contribution in [0, 0.1) is 0 Å². The fraction of sp³-hybridized carbons (Fsp3) is 0. The van der Waals surface area contributed by atoms with E-state index in [0.717, 1.165) is 44.2 Å². The van der Waals surface area contributed by atoms with E-state index in [-0.39, 0.29) is 0 Å². The van der Waals surface area contributed by atoms with Crippen molar-refractivity contribution in [3.63, 3.8) is 0 Å². The molecule has 0 aliphatic carbocycles. The molecule has 0 fully saturated rings. The molecule has 1 aliphatic heterocycles. The van der Waals surface area contributed by atoms with Gasteiger partial charge in [0.05, 0.1) is 0 Å². The van der Waals surface area contributed by atoms with Gasteiger partial charge in [-0.25, -0.2) is 0 Å². The lowest BCUT2D eigenvalue weighted by Crippen LogP contribution is -2.00. The van der Waals surface area contributed by atoms with E-state index in [1.54, 1.807) is 0 Å². The van der Waals surface area contributed by atoms with Gasteiger partial charge in [0.2, 0.25) is 0 Å². The van der Waals surface area contributed by atoms with Gasteiger partial charge in [0.15, 0.2) is 0 Å². The molecule has 0 saturated carbocycles. The molecule has 176 valence electrons. The Morgan fingerprint density at radius 2 is 1.11 bits per heavy atom. The van der Waals surface area contributed by atoms with Crippen molar-refractivity contribution in [3.05, 3.63) is 121 Å². The quantitative estimate of drug-likeness (QED) is 0.216. The van der Waals surface area contributed by atoms with Gasteiger partial charge in [0, 0.05) is 27.1 Å². The smallest absolute Gasteiger partial charge is 0.143 e. The van der Waals surface area contributed by atoms with Crippen molar-refractivity contribution in [1.82, 2.24) is 0 Å². The van der Waals surface area contributed by atoms with Crippen molar-refractivity contribution >= 4 is 54.3 Å². The molecule has 9 rings (SSSR count). The molecular weight excluding hydrogens is 464 g/mol. The maximum Gasteiger partial charge on any atom is 0.143 e. The molecular formula is C36H20O2. The van der Waals surface area contributed by atoms with Crippen molar-refractivity contribution in [3.8, 4) is 33.8 Å². The first-order valence-electron chi connectivity index (χ1n) is 12.9. The van der Waals surface area contributed by atoms with E-state index in [1.807, 2.05) is 12.1 Å². The monoisotopic (exact) mass is 484 g/mol.